The minimum absolute atomic E-state index is 0.0115. The lowest BCUT2D eigenvalue weighted by Gasteiger charge is -2.26. The summed E-state index contributed by atoms with van der Waals surface area (Å²) in [5, 5.41) is 2.72. The number of aromatic nitrogens is 2. The van der Waals surface area contributed by atoms with Gasteiger partial charge in [-0.3, -0.25) is 9.10 Å². The fourth-order valence-electron chi connectivity index (χ4n) is 4.03. The second-order valence-corrected chi connectivity index (χ2v) is 11.0. The molecule has 2 heterocycles. The van der Waals surface area contributed by atoms with Crippen molar-refractivity contribution in [2.24, 2.45) is 0 Å². The summed E-state index contributed by atoms with van der Waals surface area (Å²) in [5.74, 6) is 0.835. The van der Waals surface area contributed by atoms with E-state index < -0.39 is 11.0 Å². The predicted molar refractivity (Wildman–Crippen MR) is 135 cm³/mol. The molecule has 8 nitrogen and oxygen atoms in total. The average Bonchev–Trinajstić information content (AvgIpc) is 3.17. The Morgan fingerprint density at radius 1 is 1.21 bits per heavy atom. The molecule has 3 aromatic rings. The molecule has 0 radical (unpaired) electrons. The molecule has 9 heteroatoms. The van der Waals surface area contributed by atoms with E-state index in [2.05, 4.69) is 30.7 Å². The Labute approximate surface area is 202 Å². The van der Waals surface area contributed by atoms with Crippen LogP contribution in [0.4, 0.5) is 11.4 Å². The van der Waals surface area contributed by atoms with Crippen LogP contribution in [0.15, 0.2) is 47.4 Å². The quantitative estimate of drug-likeness (QED) is 0.574. The fourth-order valence-corrected chi connectivity index (χ4v) is 5.02. The van der Waals surface area contributed by atoms with Crippen molar-refractivity contribution in [1.29, 1.82) is 0 Å². The van der Waals surface area contributed by atoms with Gasteiger partial charge in [-0.05, 0) is 42.5 Å². The van der Waals surface area contributed by atoms with Gasteiger partial charge in [0.15, 0.2) is 11.0 Å². The molecule has 1 N–H and O–H groups in total. The molecule has 0 aliphatic carbocycles. The number of hydrogen-bond donors (Lipinski definition) is 1. The standard InChI is InChI=1S/C25H32N4O4S/c1-17(30)26-18-6-9-21(10-7-18)34(31)28(5)19-8-11-23-22(14-19)27-24(25(2,3)4)29(23)15-20-16-32-12-13-33-20/h6-11,14,20H,12-13,15-16H2,1-5H3,(H,26,30). The zero-order valence-corrected chi connectivity index (χ0v) is 21.1. The third kappa shape index (κ3) is 5.32. The highest BCUT2D eigenvalue weighted by Gasteiger charge is 2.26. The summed E-state index contributed by atoms with van der Waals surface area (Å²) in [6, 6.07) is 13.0. The fraction of sp³-hybridized carbons (Fsp3) is 0.440. The number of hydrogen-bond acceptors (Lipinski definition) is 5. The lowest BCUT2D eigenvalue weighted by molar-refractivity contribution is -0.114. The first-order chi connectivity index (χ1) is 16.1. The van der Waals surface area contributed by atoms with E-state index in [1.807, 2.05) is 18.2 Å². The predicted octanol–water partition coefficient (Wildman–Crippen LogP) is 3.87. The molecule has 182 valence electrons. The van der Waals surface area contributed by atoms with Gasteiger partial charge in [0.1, 0.15) is 5.82 Å². The van der Waals surface area contributed by atoms with Gasteiger partial charge in [-0.2, -0.15) is 0 Å². The second kappa shape index (κ2) is 9.85. The molecule has 2 unspecified atom stereocenters. The Morgan fingerprint density at radius 3 is 2.56 bits per heavy atom. The third-order valence-electron chi connectivity index (χ3n) is 5.66. The summed E-state index contributed by atoms with van der Waals surface area (Å²) in [6.45, 7) is 10.4. The Hall–Kier alpha value is -2.75. The van der Waals surface area contributed by atoms with Crippen molar-refractivity contribution in [3.63, 3.8) is 0 Å². The van der Waals surface area contributed by atoms with Crippen LogP contribution >= 0.6 is 0 Å². The smallest absolute Gasteiger partial charge is 0.221 e. The zero-order chi connectivity index (χ0) is 24.5. The van der Waals surface area contributed by atoms with E-state index in [0.717, 1.165) is 22.5 Å². The molecule has 1 amide bonds. The highest BCUT2D eigenvalue weighted by Crippen LogP contribution is 2.30. The van der Waals surface area contributed by atoms with Gasteiger partial charge in [-0.15, -0.1) is 0 Å². The molecule has 1 aliphatic heterocycles. The number of ether oxygens (including phenoxy) is 2. The van der Waals surface area contributed by atoms with E-state index in [1.165, 1.54) is 6.92 Å². The van der Waals surface area contributed by atoms with Crippen LogP contribution in [0.1, 0.15) is 33.5 Å². The monoisotopic (exact) mass is 484 g/mol. The largest absolute Gasteiger partial charge is 0.376 e. The minimum atomic E-state index is -1.41. The lowest BCUT2D eigenvalue weighted by Crippen LogP contribution is -2.33. The molecular formula is C25H32N4O4S. The number of nitrogens with one attached hydrogen (secondary N) is 1. The van der Waals surface area contributed by atoms with Crippen LogP contribution in [0.5, 0.6) is 0 Å². The van der Waals surface area contributed by atoms with Crippen LogP contribution in [-0.2, 0) is 37.2 Å². The maximum Gasteiger partial charge on any atom is 0.221 e. The minimum Gasteiger partial charge on any atom is -0.376 e. The van der Waals surface area contributed by atoms with Gasteiger partial charge in [-0.25, -0.2) is 9.19 Å². The first-order valence-corrected chi connectivity index (χ1v) is 12.5. The number of carbonyl (C=O) groups excluding carboxylic acids is 1. The van der Waals surface area contributed by atoms with Crippen molar-refractivity contribution >= 4 is 39.3 Å². The summed E-state index contributed by atoms with van der Waals surface area (Å²) in [5.41, 5.74) is 3.19. The van der Waals surface area contributed by atoms with E-state index >= 15 is 0 Å². The normalized spacial score (nSPS) is 17.5. The maximum atomic E-state index is 13.2. The molecule has 1 aromatic heterocycles. The number of benzene rings is 2. The van der Waals surface area contributed by atoms with Crippen molar-refractivity contribution in [1.82, 2.24) is 9.55 Å². The molecule has 4 rings (SSSR count). The molecule has 1 fully saturated rings. The summed E-state index contributed by atoms with van der Waals surface area (Å²) < 4.78 is 28.6. The van der Waals surface area contributed by atoms with Gasteiger partial charge in [0, 0.05) is 25.1 Å². The van der Waals surface area contributed by atoms with Gasteiger partial charge >= 0.3 is 0 Å². The Kier molecular flexibility index (Phi) is 7.06. The van der Waals surface area contributed by atoms with E-state index in [9.17, 15) is 9.00 Å². The molecule has 1 saturated heterocycles. The van der Waals surface area contributed by atoms with Gasteiger partial charge < -0.3 is 19.4 Å². The number of amides is 1. The Bertz CT molecular complexity index is 1190. The van der Waals surface area contributed by atoms with Crippen LogP contribution in [0.3, 0.4) is 0 Å². The SMILES string of the molecule is CC(=O)Nc1ccc(S(=O)N(C)c2ccc3c(c2)nc(C(C)(C)C)n3CC2COCCO2)cc1. The first kappa shape index (κ1) is 24.4. The van der Waals surface area contributed by atoms with Crippen molar-refractivity contribution < 1.29 is 18.5 Å². The summed E-state index contributed by atoms with van der Waals surface area (Å²) in [7, 11) is 0.385. The maximum absolute atomic E-state index is 13.2. The van der Waals surface area contributed by atoms with Crippen molar-refractivity contribution in [2.45, 2.75) is 50.7 Å². The van der Waals surface area contributed by atoms with Gasteiger partial charge in [0.25, 0.3) is 0 Å². The molecule has 2 aromatic carbocycles. The summed E-state index contributed by atoms with van der Waals surface area (Å²) in [4.78, 5) is 16.8. The zero-order valence-electron chi connectivity index (χ0n) is 20.3. The average molecular weight is 485 g/mol. The van der Waals surface area contributed by atoms with Gasteiger partial charge in [-0.1, -0.05) is 20.8 Å². The van der Waals surface area contributed by atoms with Crippen molar-refractivity contribution in [3.8, 4) is 0 Å². The number of fused-ring (bicyclic) bond motifs is 1. The molecule has 1 aliphatic rings. The molecule has 0 saturated carbocycles. The van der Waals surface area contributed by atoms with Crippen LogP contribution in [-0.4, -0.2) is 52.6 Å². The number of carbonyl (C=O) groups is 1. The first-order valence-electron chi connectivity index (χ1n) is 11.4. The van der Waals surface area contributed by atoms with Gasteiger partial charge in [0.2, 0.25) is 5.91 Å². The summed E-state index contributed by atoms with van der Waals surface area (Å²) >= 11 is 0. The van der Waals surface area contributed by atoms with Crippen LogP contribution in [0, 0.1) is 0 Å². The third-order valence-corrected chi connectivity index (χ3v) is 7.05. The molecule has 0 bridgehead atoms. The highest BCUT2D eigenvalue weighted by atomic mass is 32.2. The molecule has 2 atom stereocenters. The number of imidazole rings is 1. The highest BCUT2D eigenvalue weighted by molar-refractivity contribution is 7.86. The lowest BCUT2D eigenvalue weighted by atomic mass is 9.95. The number of nitrogens with zero attached hydrogens (tertiary/aromatic N) is 3. The van der Waals surface area contributed by atoms with E-state index in [1.54, 1.807) is 35.6 Å². The molecule has 0 spiro atoms. The molecular weight excluding hydrogens is 452 g/mol. The Morgan fingerprint density at radius 2 is 1.94 bits per heavy atom. The second-order valence-electron chi connectivity index (χ2n) is 9.49. The Balaban J connectivity index is 1.62. The van der Waals surface area contributed by atoms with E-state index in [0.29, 0.717) is 36.9 Å². The number of rotatable bonds is 6. The van der Waals surface area contributed by atoms with Crippen molar-refractivity contribution in [2.75, 3.05) is 36.5 Å². The van der Waals surface area contributed by atoms with Crippen LogP contribution in [0.25, 0.3) is 11.0 Å². The van der Waals surface area contributed by atoms with E-state index in [4.69, 9.17) is 14.5 Å². The van der Waals surface area contributed by atoms with E-state index in [-0.39, 0.29) is 17.4 Å². The topological polar surface area (TPSA) is 85.7 Å². The van der Waals surface area contributed by atoms with Crippen LogP contribution in [0.2, 0.25) is 0 Å². The number of anilines is 2. The van der Waals surface area contributed by atoms with Crippen molar-refractivity contribution in [3.05, 3.63) is 48.3 Å². The molecule has 34 heavy (non-hydrogen) atoms. The van der Waals surface area contributed by atoms with Gasteiger partial charge in [0.05, 0.1) is 54.1 Å². The van der Waals surface area contributed by atoms with Crippen LogP contribution < -0.4 is 9.62 Å². The summed E-state index contributed by atoms with van der Waals surface area (Å²) in [6.07, 6.45) is -0.0115.